The summed E-state index contributed by atoms with van der Waals surface area (Å²) in [5, 5.41) is 27.9. The number of hydrogen-bond donors (Lipinski definition) is 2. The number of anilines is 1. The largest absolute Gasteiger partial charge is 0.394 e. The topological polar surface area (TPSA) is 81.8 Å². The fourth-order valence-electron chi connectivity index (χ4n) is 0.845. The van der Waals surface area contributed by atoms with Crippen LogP contribution in [-0.2, 0) is 0 Å². The summed E-state index contributed by atoms with van der Waals surface area (Å²) in [5.74, 6) is 0.544. The fourth-order valence-corrected chi connectivity index (χ4v) is 0.845. The third-order valence-corrected chi connectivity index (χ3v) is 1.64. The van der Waals surface area contributed by atoms with Gasteiger partial charge < -0.3 is 10.4 Å². The Morgan fingerprint density at radius 1 is 1.50 bits per heavy atom. The fraction of sp³-hybridized carbons (Fsp3) is 0.444. The van der Waals surface area contributed by atoms with Crippen molar-refractivity contribution in [3.05, 3.63) is 17.8 Å². The van der Waals surface area contributed by atoms with Crippen LogP contribution >= 0.6 is 0 Å². The molecule has 0 aliphatic rings. The van der Waals surface area contributed by atoms with Crippen LogP contribution in [-0.4, -0.2) is 27.4 Å². The van der Waals surface area contributed by atoms with Gasteiger partial charge in [-0.3, -0.25) is 0 Å². The quantitative estimate of drug-likeness (QED) is 0.730. The lowest BCUT2D eigenvalue weighted by Gasteiger charge is -2.23. The van der Waals surface area contributed by atoms with Crippen LogP contribution in [0.3, 0.4) is 0 Å². The van der Waals surface area contributed by atoms with E-state index in [1.807, 2.05) is 19.9 Å². The number of rotatable bonds is 3. The van der Waals surface area contributed by atoms with Gasteiger partial charge in [0.05, 0.1) is 12.1 Å². The Kier molecular flexibility index (Phi) is 2.99. The molecule has 2 N–H and O–H groups in total. The van der Waals surface area contributed by atoms with Crippen molar-refractivity contribution >= 4 is 5.82 Å². The molecule has 0 radical (unpaired) electrons. The van der Waals surface area contributed by atoms with Crippen molar-refractivity contribution in [2.45, 2.75) is 19.4 Å². The summed E-state index contributed by atoms with van der Waals surface area (Å²) in [6.45, 7) is 3.68. The van der Waals surface area contributed by atoms with Crippen molar-refractivity contribution in [2.24, 2.45) is 0 Å². The van der Waals surface area contributed by atoms with Crippen molar-refractivity contribution < 1.29 is 5.11 Å². The predicted molar refractivity (Wildman–Crippen MR) is 51.5 cm³/mol. The van der Waals surface area contributed by atoms with Crippen molar-refractivity contribution in [1.29, 1.82) is 5.26 Å². The van der Waals surface area contributed by atoms with Crippen LogP contribution < -0.4 is 5.32 Å². The molecule has 0 aliphatic carbocycles. The Balaban J connectivity index is 2.75. The summed E-state index contributed by atoms with van der Waals surface area (Å²) < 4.78 is 0. The van der Waals surface area contributed by atoms with E-state index < -0.39 is 5.54 Å². The van der Waals surface area contributed by atoms with Gasteiger partial charge in [-0.05, 0) is 26.0 Å². The standard InChI is InChI=1S/C9H12N4O/c1-9(2,6-14)11-8-4-3-7(5-10)12-13-8/h3-4,14H,6H2,1-2H3,(H,11,13). The van der Waals surface area contributed by atoms with Crippen LogP contribution in [0, 0.1) is 11.3 Å². The molecule has 74 valence electrons. The minimum absolute atomic E-state index is 0.00528. The van der Waals surface area contributed by atoms with Crippen LogP contribution in [0.4, 0.5) is 5.82 Å². The number of aliphatic hydroxyl groups excluding tert-OH is 1. The van der Waals surface area contributed by atoms with E-state index in [1.54, 1.807) is 12.1 Å². The zero-order valence-electron chi connectivity index (χ0n) is 8.15. The highest BCUT2D eigenvalue weighted by atomic mass is 16.3. The Hall–Kier alpha value is -1.67. The lowest BCUT2D eigenvalue weighted by Crippen LogP contribution is -2.35. The average molecular weight is 192 g/mol. The molecule has 1 rings (SSSR count). The number of hydrogen-bond acceptors (Lipinski definition) is 5. The average Bonchev–Trinajstić information content (AvgIpc) is 2.19. The summed E-state index contributed by atoms with van der Waals surface area (Å²) in [5.41, 5.74) is -0.166. The molecule has 1 aromatic heterocycles. The number of nitrogens with zero attached hydrogens (tertiary/aromatic N) is 3. The summed E-state index contributed by atoms with van der Waals surface area (Å²) in [6.07, 6.45) is 0. The van der Waals surface area contributed by atoms with Crippen molar-refractivity contribution in [3.63, 3.8) is 0 Å². The number of nitrogens with one attached hydrogen (secondary N) is 1. The highest BCUT2D eigenvalue weighted by Gasteiger charge is 2.16. The van der Waals surface area contributed by atoms with Crippen molar-refractivity contribution in [1.82, 2.24) is 10.2 Å². The second-order valence-corrected chi connectivity index (χ2v) is 3.58. The molecule has 0 aromatic carbocycles. The molecule has 0 amide bonds. The smallest absolute Gasteiger partial charge is 0.163 e. The second-order valence-electron chi connectivity index (χ2n) is 3.58. The maximum absolute atomic E-state index is 8.99. The van der Waals surface area contributed by atoms with E-state index in [1.165, 1.54) is 0 Å². The highest BCUT2D eigenvalue weighted by molar-refractivity contribution is 5.37. The van der Waals surface area contributed by atoms with Gasteiger partial charge in [0.2, 0.25) is 0 Å². The van der Waals surface area contributed by atoms with Gasteiger partial charge in [-0.1, -0.05) is 0 Å². The van der Waals surface area contributed by atoms with Crippen LogP contribution in [0.2, 0.25) is 0 Å². The molecule has 0 spiro atoms. The van der Waals surface area contributed by atoms with Gasteiger partial charge in [-0.25, -0.2) is 0 Å². The second kappa shape index (κ2) is 4.03. The van der Waals surface area contributed by atoms with Crippen LogP contribution in [0.5, 0.6) is 0 Å². The minimum atomic E-state index is -0.442. The lowest BCUT2D eigenvalue weighted by molar-refractivity contribution is 0.234. The highest BCUT2D eigenvalue weighted by Crippen LogP contribution is 2.10. The van der Waals surface area contributed by atoms with Gasteiger partial charge >= 0.3 is 0 Å². The van der Waals surface area contributed by atoms with E-state index >= 15 is 0 Å². The van der Waals surface area contributed by atoms with E-state index in [0.29, 0.717) is 5.82 Å². The SMILES string of the molecule is CC(C)(CO)Nc1ccc(C#N)nn1. The Morgan fingerprint density at radius 3 is 2.64 bits per heavy atom. The van der Waals surface area contributed by atoms with Gasteiger partial charge in [0.25, 0.3) is 0 Å². The monoisotopic (exact) mass is 192 g/mol. The first-order valence-electron chi connectivity index (χ1n) is 4.20. The number of aromatic nitrogens is 2. The molecular weight excluding hydrogens is 180 g/mol. The summed E-state index contributed by atoms with van der Waals surface area (Å²) in [7, 11) is 0. The molecule has 14 heavy (non-hydrogen) atoms. The van der Waals surface area contributed by atoms with E-state index in [2.05, 4.69) is 15.5 Å². The van der Waals surface area contributed by atoms with Gasteiger partial charge in [0, 0.05) is 0 Å². The van der Waals surface area contributed by atoms with Crippen LogP contribution in [0.1, 0.15) is 19.5 Å². The zero-order chi connectivity index (χ0) is 10.6. The van der Waals surface area contributed by atoms with Crippen LogP contribution in [0.15, 0.2) is 12.1 Å². The van der Waals surface area contributed by atoms with E-state index in [0.717, 1.165) is 0 Å². The first kappa shape index (κ1) is 10.4. The first-order chi connectivity index (χ1) is 6.57. The van der Waals surface area contributed by atoms with Crippen molar-refractivity contribution in [3.8, 4) is 6.07 Å². The number of nitriles is 1. The molecule has 0 bridgehead atoms. The summed E-state index contributed by atoms with van der Waals surface area (Å²) in [4.78, 5) is 0. The molecule has 1 heterocycles. The van der Waals surface area contributed by atoms with Crippen molar-refractivity contribution in [2.75, 3.05) is 11.9 Å². The van der Waals surface area contributed by atoms with Crippen LogP contribution in [0.25, 0.3) is 0 Å². The molecule has 1 aromatic rings. The van der Waals surface area contributed by atoms with E-state index in [4.69, 9.17) is 10.4 Å². The molecule has 0 saturated heterocycles. The third kappa shape index (κ3) is 2.68. The van der Waals surface area contributed by atoms with Gasteiger partial charge in [-0.15, -0.1) is 10.2 Å². The van der Waals surface area contributed by atoms with E-state index in [-0.39, 0.29) is 12.3 Å². The normalized spacial score (nSPS) is 10.7. The Morgan fingerprint density at radius 2 is 2.21 bits per heavy atom. The maximum Gasteiger partial charge on any atom is 0.163 e. The maximum atomic E-state index is 8.99. The molecule has 0 unspecified atom stereocenters. The Bertz CT molecular complexity index is 339. The van der Waals surface area contributed by atoms with E-state index in [9.17, 15) is 0 Å². The summed E-state index contributed by atoms with van der Waals surface area (Å²) in [6, 6.07) is 5.11. The predicted octanol–water partition coefficient (Wildman–Crippen LogP) is 0.531. The van der Waals surface area contributed by atoms with Gasteiger partial charge in [0.15, 0.2) is 5.69 Å². The Labute approximate surface area is 82.4 Å². The molecular formula is C9H12N4O. The molecule has 5 nitrogen and oxygen atoms in total. The first-order valence-corrected chi connectivity index (χ1v) is 4.20. The molecule has 5 heteroatoms. The molecule has 0 saturated carbocycles. The van der Waals surface area contributed by atoms with Gasteiger partial charge in [-0.2, -0.15) is 5.26 Å². The molecule has 0 fully saturated rings. The number of aliphatic hydroxyl groups is 1. The van der Waals surface area contributed by atoms with Gasteiger partial charge in [0.1, 0.15) is 11.9 Å². The molecule has 0 aliphatic heterocycles. The lowest BCUT2D eigenvalue weighted by atomic mass is 10.1. The minimum Gasteiger partial charge on any atom is -0.394 e. The zero-order valence-corrected chi connectivity index (χ0v) is 8.15. The third-order valence-electron chi connectivity index (χ3n) is 1.64. The summed E-state index contributed by atoms with van der Waals surface area (Å²) >= 11 is 0. The molecule has 0 atom stereocenters.